The molecule has 0 saturated carbocycles. The fourth-order valence-electron chi connectivity index (χ4n) is 1.40. The predicted molar refractivity (Wildman–Crippen MR) is 51.6 cm³/mol. The third-order valence-corrected chi connectivity index (χ3v) is 2.06. The zero-order valence-corrected chi connectivity index (χ0v) is 7.71. The first-order chi connectivity index (χ1) is 7.24. The fourth-order valence-corrected chi connectivity index (χ4v) is 1.40. The van der Waals surface area contributed by atoms with E-state index < -0.39 is 18.0 Å². The standard InChI is InChI=1S/C10H7N2O3/c1-2-6-12-8-7(4-3-5-11-8)9(13)15-10(12)14/h1,3-5,7H,6H2/q+1. The number of cyclic esters (lactones) is 2. The average molecular weight is 203 g/mol. The lowest BCUT2D eigenvalue weighted by atomic mass is 10.1. The van der Waals surface area contributed by atoms with Gasteiger partial charge in [0.05, 0.1) is 0 Å². The van der Waals surface area contributed by atoms with E-state index >= 15 is 0 Å². The summed E-state index contributed by atoms with van der Waals surface area (Å²) >= 11 is 0. The molecule has 0 aliphatic carbocycles. The molecule has 0 aromatic carbocycles. The molecule has 0 N–H and O–H groups in total. The van der Waals surface area contributed by atoms with Gasteiger partial charge in [0.2, 0.25) is 0 Å². The number of carbonyl (C=O) groups excluding carboxylic acids is 2. The summed E-state index contributed by atoms with van der Waals surface area (Å²) in [7, 11) is 0. The summed E-state index contributed by atoms with van der Waals surface area (Å²) < 4.78 is 5.70. The van der Waals surface area contributed by atoms with Gasteiger partial charge < -0.3 is 4.74 Å². The average Bonchev–Trinajstić information content (AvgIpc) is 2.24. The molecule has 0 fully saturated rings. The highest BCUT2D eigenvalue weighted by molar-refractivity contribution is 6.11. The van der Waals surface area contributed by atoms with Gasteiger partial charge in [-0.05, 0) is 6.08 Å². The predicted octanol–water partition coefficient (Wildman–Crippen LogP) is -0.0358. The molecule has 74 valence electrons. The number of amidine groups is 1. The molecule has 0 bridgehead atoms. The van der Waals surface area contributed by atoms with Crippen LogP contribution in [-0.4, -0.2) is 35.2 Å². The van der Waals surface area contributed by atoms with E-state index in [9.17, 15) is 9.59 Å². The summed E-state index contributed by atoms with van der Waals surface area (Å²) in [5, 5.41) is 0. The molecule has 0 aromatic heterocycles. The minimum atomic E-state index is -0.767. The molecular weight excluding hydrogens is 196 g/mol. The van der Waals surface area contributed by atoms with Gasteiger partial charge in [-0.15, -0.1) is 11.0 Å². The van der Waals surface area contributed by atoms with E-state index in [4.69, 9.17) is 6.42 Å². The molecule has 2 rings (SSSR count). The van der Waals surface area contributed by atoms with Gasteiger partial charge in [0, 0.05) is 0 Å². The number of ether oxygens (including phenoxy) is 1. The first-order valence-electron chi connectivity index (χ1n) is 4.28. The van der Waals surface area contributed by atoms with E-state index in [1.807, 2.05) is 0 Å². The second-order valence-corrected chi connectivity index (χ2v) is 2.98. The Hall–Kier alpha value is -2.22. The number of carbonyl (C=O) groups is 2. The van der Waals surface area contributed by atoms with Crippen molar-refractivity contribution in [2.75, 3.05) is 6.54 Å². The molecule has 0 saturated heterocycles. The van der Waals surface area contributed by atoms with E-state index in [2.05, 4.69) is 15.6 Å². The zero-order valence-electron chi connectivity index (χ0n) is 7.71. The van der Waals surface area contributed by atoms with Gasteiger partial charge in [-0.1, -0.05) is 17.0 Å². The van der Waals surface area contributed by atoms with Crippen molar-refractivity contribution in [2.45, 2.75) is 0 Å². The maximum absolute atomic E-state index is 11.3. The van der Waals surface area contributed by atoms with Crippen LogP contribution in [0.4, 0.5) is 4.79 Å². The summed E-state index contributed by atoms with van der Waals surface area (Å²) in [6.07, 6.45) is 9.08. The number of hydrogen-bond acceptors (Lipinski definition) is 4. The van der Waals surface area contributed by atoms with E-state index in [1.54, 1.807) is 12.2 Å². The Labute approximate surface area is 85.8 Å². The number of nitrogens with zero attached hydrogens (tertiary/aromatic N) is 2. The normalized spacial score (nSPS) is 23.5. The van der Waals surface area contributed by atoms with Crippen molar-refractivity contribution in [1.82, 2.24) is 0 Å². The van der Waals surface area contributed by atoms with E-state index in [1.165, 1.54) is 10.8 Å². The lowest BCUT2D eigenvalue weighted by Crippen LogP contribution is -2.43. The largest absolute Gasteiger partial charge is 0.515 e. The van der Waals surface area contributed by atoms with Gasteiger partial charge in [0.15, 0.2) is 12.5 Å². The van der Waals surface area contributed by atoms with Crippen LogP contribution < -0.4 is 0 Å². The first-order valence-corrected chi connectivity index (χ1v) is 4.28. The third-order valence-electron chi connectivity index (χ3n) is 2.06. The molecule has 15 heavy (non-hydrogen) atoms. The quantitative estimate of drug-likeness (QED) is 0.260. The SMILES string of the molecule is C#CC[N+]1=C2N=CC=CC2C(=O)OC1=O. The summed E-state index contributed by atoms with van der Waals surface area (Å²) in [5.41, 5.74) is 0. The minimum absolute atomic E-state index is 0.0448. The van der Waals surface area contributed by atoms with Crippen LogP contribution in [0.2, 0.25) is 0 Å². The third kappa shape index (κ3) is 1.46. The molecular formula is C10H7N2O3+. The van der Waals surface area contributed by atoms with E-state index in [0.29, 0.717) is 5.84 Å². The van der Waals surface area contributed by atoms with E-state index in [0.717, 1.165) is 0 Å². The van der Waals surface area contributed by atoms with Crippen molar-refractivity contribution in [2.24, 2.45) is 10.9 Å². The Morgan fingerprint density at radius 1 is 1.60 bits per heavy atom. The van der Waals surface area contributed by atoms with Crippen molar-refractivity contribution < 1.29 is 18.9 Å². The van der Waals surface area contributed by atoms with Crippen LogP contribution in [0, 0.1) is 18.3 Å². The molecule has 1 unspecified atom stereocenters. The van der Waals surface area contributed by atoms with Gasteiger partial charge in [-0.3, -0.25) is 4.79 Å². The Balaban J connectivity index is 2.51. The second kappa shape index (κ2) is 3.50. The Morgan fingerprint density at radius 3 is 3.13 bits per heavy atom. The Morgan fingerprint density at radius 2 is 2.40 bits per heavy atom. The van der Waals surface area contributed by atoms with Crippen LogP contribution in [0.5, 0.6) is 0 Å². The number of aliphatic imine (C=N–C) groups is 1. The van der Waals surface area contributed by atoms with Gasteiger partial charge in [0.1, 0.15) is 6.21 Å². The molecule has 0 radical (unpaired) electrons. The van der Waals surface area contributed by atoms with E-state index in [-0.39, 0.29) is 6.54 Å². The molecule has 0 aromatic rings. The number of dihydropyridines is 1. The fraction of sp³-hybridized carbons (Fsp3) is 0.200. The van der Waals surface area contributed by atoms with Crippen molar-refractivity contribution >= 4 is 24.1 Å². The van der Waals surface area contributed by atoms with Crippen molar-refractivity contribution in [1.29, 1.82) is 0 Å². The lowest BCUT2D eigenvalue weighted by Gasteiger charge is -2.16. The first kappa shape index (κ1) is 9.34. The molecule has 2 aliphatic heterocycles. The molecule has 0 spiro atoms. The van der Waals surface area contributed by atoms with Crippen LogP contribution in [0.15, 0.2) is 17.1 Å². The number of allylic oxidation sites excluding steroid dienone is 1. The highest BCUT2D eigenvalue weighted by atomic mass is 16.6. The van der Waals surface area contributed by atoms with Crippen LogP contribution >= 0.6 is 0 Å². The number of esters is 1. The number of hydrogen-bond donors (Lipinski definition) is 0. The van der Waals surface area contributed by atoms with Crippen molar-refractivity contribution in [3.05, 3.63) is 12.2 Å². The van der Waals surface area contributed by atoms with Crippen LogP contribution in [0.25, 0.3) is 0 Å². The van der Waals surface area contributed by atoms with Gasteiger partial charge >= 0.3 is 17.9 Å². The molecule has 2 heterocycles. The summed E-state index contributed by atoms with van der Waals surface area (Å²) in [6, 6.07) is 0. The minimum Gasteiger partial charge on any atom is -0.356 e. The molecule has 1 amide bonds. The van der Waals surface area contributed by atoms with Crippen LogP contribution in [0.3, 0.4) is 0 Å². The molecule has 2 aliphatic rings. The smallest absolute Gasteiger partial charge is 0.356 e. The number of fused-ring (bicyclic) bond motifs is 1. The maximum Gasteiger partial charge on any atom is 0.515 e. The summed E-state index contributed by atoms with van der Waals surface area (Å²) in [4.78, 5) is 26.6. The second-order valence-electron chi connectivity index (χ2n) is 2.98. The number of rotatable bonds is 1. The molecule has 1 atom stereocenters. The van der Waals surface area contributed by atoms with Gasteiger partial charge in [-0.2, -0.15) is 4.79 Å². The highest BCUT2D eigenvalue weighted by Gasteiger charge is 2.42. The lowest BCUT2D eigenvalue weighted by molar-refractivity contribution is -0.437. The highest BCUT2D eigenvalue weighted by Crippen LogP contribution is 2.15. The topological polar surface area (TPSA) is 58.7 Å². The van der Waals surface area contributed by atoms with Crippen molar-refractivity contribution in [3.8, 4) is 12.3 Å². The maximum atomic E-state index is 11.3. The molecule has 5 nitrogen and oxygen atoms in total. The van der Waals surface area contributed by atoms with Gasteiger partial charge in [0.25, 0.3) is 0 Å². The Bertz CT molecular complexity index is 466. The monoisotopic (exact) mass is 203 g/mol. The number of terminal acetylenes is 1. The Kier molecular flexibility index (Phi) is 2.18. The summed E-state index contributed by atoms with van der Waals surface area (Å²) in [5.74, 6) is 1.40. The van der Waals surface area contributed by atoms with Crippen LogP contribution in [0.1, 0.15) is 0 Å². The van der Waals surface area contributed by atoms with Gasteiger partial charge in [-0.25, -0.2) is 0 Å². The van der Waals surface area contributed by atoms with Crippen LogP contribution in [-0.2, 0) is 9.53 Å². The zero-order chi connectivity index (χ0) is 10.8. The summed E-state index contributed by atoms with van der Waals surface area (Å²) in [6.45, 7) is 0.0448. The molecule has 5 heteroatoms. The van der Waals surface area contributed by atoms with Crippen molar-refractivity contribution in [3.63, 3.8) is 0 Å². The number of amides is 1.